The summed E-state index contributed by atoms with van der Waals surface area (Å²) < 4.78 is 79.9. The number of ether oxygens (including phenoxy) is 2. The number of carboxylic acid groups (broad SMARTS) is 1. The number of alkyl halides is 3. The highest BCUT2D eigenvalue weighted by Crippen LogP contribution is 2.51. The zero-order valence-electron chi connectivity index (χ0n) is 23.2. The number of carboxylic acids is 1. The normalized spacial score (nSPS) is 16.1. The van der Waals surface area contributed by atoms with Gasteiger partial charge in [-0.3, -0.25) is 0 Å². The van der Waals surface area contributed by atoms with Crippen LogP contribution in [0.25, 0.3) is 22.3 Å². The highest BCUT2D eigenvalue weighted by atomic mass is 32.2. The molecule has 0 radical (unpaired) electrons. The lowest BCUT2D eigenvalue weighted by Gasteiger charge is -2.42. The van der Waals surface area contributed by atoms with Crippen LogP contribution in [0.2, 0.25) is 0 Å². The van der Waals surface area contributed by atoms with Crippen molar-refractivity contribution in [3.8, 4) is 33.8 Å². The first-order valence-electron chi connectivity index (χ1n) is 12.7. The first-order valence-corrected chi connectivity index (χ1v) is 14.2. The van der Waals surface area contributed by atoms with E-state index in [0.29, 0.717) is 16.7 Å². The Morgan fingerprint density at radius 2 is 1.39 bits per heavy atom. The Balaban J connectivity index is 2.01. The van der Waals surface area contributed by atoms with E-state index in [-0.39, 0.29) is 34.5 Å². The van der Waals surface area contributed by atoms with Gasteiger partial charge in [0.25, 0.3) is 0 Å². The first-order chi connectivity index (χ1) is 19.0. The van der Waals surface area contributed by atoms with Gasteiger partial charge >= 0.3 is 15.6 Å². The van der Waals surface area contributed by atoms with Crippen LogP contribution < -0.4 is 14.0 Å². The van der Waals surface area contributed by atoms with E-state index in [1.165, 1.54) is 43.5 Å². The third-order valence-corrected chi connectivity index (χ3v) is 8.46. The Labute approximate surface area is 237 Å². The number of aromatic carboxylic acids is 1. The van der Waals surface area contributed by atoms with E-state index >= 15 is 0 Å². The summed E-state index contributed by atoms with van der Waals surface area (Å²) in [5.74, 6) is -1.64. The molecule has 0 atom stereocenters. The van der Waals surface area contributed by atoms with Gasteiger partial charge in [0, 0.05) is 18.2 Å². The minimum atomic E-state index is -6.00. The van der Waals surface area contributed by atoms with Crippen molar-refractivity contribution in [3.05, 3.63) is 71.3 Å². The van der Waals surface area contributed by atoms with Crippen molar-refractivity contribution in [2.45, 2.75) is 56.9 Å². The van der Waals surface area contributed by atoms with Gasteiger partial charge in [-0.1, -0.05) is 58.0 Å². The number of benzene rings is 3. The maximum Gasteiger partial charge on any atom is 0.534 e. The number of methoxy groups -OCH3 is 1. The molecule has 7 nitrogen and oxygen atoms in total. The summed E-state index contributed by atoms with van der Waals surface area (Å²) in [6.07, 6.45) is 1.74. The predicted octanol–water partition coefficient (Wildman–Crippen LogP) is 5.94. The quantitative estimate of drug-likeness (QED) is 0.181. The Kier molecular flexibility index (Phi) is 7.92. The van der Waals surface area contributed by atoms with Gasteiger partial charge in [-0.25, -0.2) is 0 Å². The lowest BCUT2D eigenvalue weighted by molar-refractivity contribution is -0.255. The van der Waals surface area contributed by atoms with Gasteiger partial charge < -0.3 is 23.6 Å². The maximum atomic E-state index is 13.4. The Morgan fingerprint density at radius 1 is 0.854 bits per heavy atom. The second-order valence-corrected chi connectivity index (χ2v) is 12.8. The fraction of sp³-hybridized carbons (Fsp3) is 0.367. The zero-order chi connectivity index (χ0) is 30.4. The lowest BCUT2D eigenvalue weighted by atomic mass is 9.62. The number of hydrogen-bond donors (Lipinski definition) is 0. The fourth-order valence-electron chi connectivity index (χ4n) is 5.00. The molecular formula is C30H30F3O7S-. The molecule has 0 aliphatic heterocycles. The van der Waals surface area contributed by atoms with Crippen LogP contribution in [0.1, 0.15) is 62.0 Å². The third kappa shape index (κ3) is 6.06. The summed E-state index contributed by atoms with van der Waals surface area (Å²) in [6, 6.07) is 13.3. The largest absolute Gasteiger partial charge is 0.545 e. The van der Waals surface area contributed by atoms with Crippen LogP contribution in [0, 0.1) is 0 Å². The van der Waals surface area contributed by atoms with E-state index in [0.717, 1.165) is 30.0 Å². The van der Waals surface area contributed by atoms with Crippen molar-refractivity contribution in [3.63, 3.8) is 0 Å². The molecule has 0 amide bonds. The van der Waals surface area contributed by atoms with Crippen LogP contribution in [-0.4, -0.2) is 33.8 Å². The molecule has 11 heteroatoms. The van der Waals surface area contributed by atoms with Crippen molar-refractivity contribution in [2.24, 2.45) is 0 Å². The van der Waals surface area contributed by atoms with E-state index in [2.05, 4.69) is 31.9 Å². The van der Waals surface area contributed by atoms with Crippen molar-refractivity contribution >= 4 is 16.1 Å². The minimum absolute atomic E-state index is 0.0346. The molecular weight excluding hydrogens is 561 g/mol. The molecule has 0 fully saturated rings. The second-order valence-electron chi connectivity index (χ2n) is 11.3. The summed E-state index contributed by atoms with van der Waals surface area (Å²) in [4.78, 5) is 11.2. The van der Waals surface area contributed by atoms with Gasteiger partial charge in [-0.05, 0) is 75.8 Å². The standard InChI is InChI=1S/C30H31F3O7S/c1-28(2)12-13-29(3,4)24-16-26(39-17-38-5)22(15-23(24)28)21-14-20(18-6-8-19(9-7-18)27(34)35)10-11-25(21)40-41(36,37)30(31,32)33/h6-11,14-16H,12-13,17H2,1-5H3,(H,34,35)/p-1. The average Bonchev–Trinajstić information content (AvgIpc) is 2.89. The molecule has 0 bridgehead atoms. The molecule has 0 heterocycles. The Morgan fingerprint density at radius 3 is 1.93 bits per heavy atom. The number of carbonyl (C=O) groups is 1. The lowest BCUT2D eigenvalue weighted by Crippen LogP contribution is -2.34. The van der Waals surface area contributed by atoms with Gasteiger partial charge in [0.2, 0.25) is 0 Å². The summed E-state index contributed by atoms with van der Waals surface area (Å²) >= 11 is 0. The molecule has 4 rings (SSSR count). The number of halogens is 3. The Hall–Kier alpha value is -3.57. The van der Waals surface area contributed by atoms with E-state index in [1.54, 1.807) is 0 Å². The third-order valence-electron chi connectivity index (χ3n) is 7.49. The molecule has 0 saturated heterocycles. The van der Waals surface area contributed by atoms with Crippen LogP contribution in [0.3, 0.4) is 0 Å². The van der Waals surface area contributed by atoms with Crippen LogP contribution in [-0.2, 0) is 25.7 Å². The van der Waals surface area contributed by atoms with Crippen LogP contribution in [0.15, 0.2) is 54.6 Å². The van der Waals surface area contributed by atoms with E-state index in [9.17, 15) is 31.5 Å². The molecule has 1 aliphatic carbocycles. The maximum absolute atomic E-state index is 13.4. The summed E-state index contributed by atoms with van der Waals surface area (Å²) in [6.45, 7) is 8.17. The molecule has 0 unspecified atom stereocenters. The molecule has 220 valence electrons. The van der Waals surface area contributed by atoms with Gasteiger partial charge in [-0.15, -0.1) is 0 Å². The second kappa shape index (κ2) is 10.7. The van der Waals surface area contributed by atoms with Gasteiger partial charge in [0.05, 0.1) is 5.97 Å². The van der Waals surface area contributed by atoms with Crippen LogP contribution >= 0.6 is 0 Å². The van der Waals surface area contributed by atoms with Crippen LogP contribution in [0.4, 0.5) is 13.2 Å². The molecule has 3 aromatic rings. The highest BCUT2D eigenvalue weighted by Gasteiger charge is 2.49. The molecule has 0 N–H and O–H groups in total. The predicted molar refractivity (Wildman–Crippen MR) is 145 cm³/mol. The number of fused-ring (bicyclic) bond motifs is 1. The Bertz CT molecular complexity index is 1570. The van der Waals surface area contributed by atoms with Gasteiger partial charge in [0.1, 0.15) is 5.75 Å². The van der Waals surface area contributed by atoms with Crippen molar-refractivity contribution < 1.29 is 45.1 Å². The SMILES string of the molecule is COCOc1cc2c(cc1-c1cc(-c3ccc(C(=O)[O-])cc3)ccc1OS(=O)(=O)C(F)(F)F)C(C)(C)CCC2(C)C. The van der Waals surface area contributed by atoms with Crippen molar-refractivity contribution in [1.29, 1.82) is 0 Å². The van der Waals surface area contributed by atoms with E-state index in [1.807, 2.05) is 12.1 Å². The molecule has 0 saturated carbocycles. The van der Waals surface area contributed by atoms with E-state index < -0.39 is 27.3 Å². The molecule has 41 heavy (non-hydrogen) atoms. The number of carbonyl (C=O) groups excluding carboxylic acids is 1. The summed E-state index contributed by atoms with van der Waals surface area (Å²) in [7, 11) is -4.58. The number of rotatable bonds is 8. The molecule has 0 spiro atoms. The summed E-state index contributed by atoms with van der Waals surface area (Å²) in [5, 5.41) is 11.2. The van der Waals surface area contributed by atoms with Gasteiger partial charge in [-0.2, -0.15) is 21.6 Å². The smallest absolute Gasteiger partial charge is 0.534 e. The van der Waals surface area contributed by atoms with Crippen molar-refractivity contribution in [2.75, 3.05) is 13.9 Å². The zero-order valence-corrected chi connectivity index (χ0v) is 24.0. The first kappa shape index (κ1) is 30.4. The minimum Gasteiger partial charge on any atom is -0.545 e. The molecule has 3 aromatic carbocycles. The van der Waals surface area contributed by atoms with Crippen molar-refractivity contribution in [1.82, 2.24) is 0 Å². The molecule has 0 aromatic heterocycles. The van der Waals surface area contributed by atoms with E-state index in [4.69, 9.17) is 9.47 Å². The monoisotopic (exact) mass is 591 g/mol. The average molecular weight is 592 g/mol. The molecule has 1 aliphatic rings. The highest BCUT2D eigenvalue weighted by molar-refractivity contribution is 7.88. The van der Waals surface area contributed by atoms with Crippen LogP contribution in [0.5, 0.6) is 11.5 Å². The fourth-order valence-corrected chi connectivity index (χ4v) is 5.48. The summed E-state index contributed by atoms with van der Waals surface area (Å²) in [5.41, 5.74) is -2.94. The topological polar surface area (TPSA) is 102 Å². The van der Waals surface area contributed by atoms with Gasteiger partial charge in [0.15, 0.2) is 12.5 Å². The number of hydrogen-bond acceptors (Lipinski definition) is 7.